The fourth-order valence-corrected chi connectivity index (χ4v) is 3.44. The molecule has 0 bridgehead atoms. The van der Waals surface area contributed by atoms with Gasteiger partial charge in [-0.2, -0.15) is 0 Å². The SMILES string of the molecule is COc1cc(-c2cnc3c(c2)C(c2ccc(N)nc2)=CC3)cc(OC)c1OC. The van der Waals surface area contributed by atoms with E-state index in [0.29, 0.717) is 23.1 Å². The molecule has 0 aliphatic heterocycles. The lowest BCUT2D eigenvalue weighted by Crippen LogP contribution is -1.97. The number of methoxy groups -OCH3 is 3. The van der Waals surface area contributed by atoms with Crippen molar-refractivity contribution in [3.63, 3.8) is 0 Å². The standard InChI is InChI=1S/C22H21N3O3/c1-26-19-9-14(10-20(27-2)22(19)28-3)15-8-17-16(5-6-18(17)24-12-15)13-4-7-21(23)25-11-13/h4-5,7-12H,6H2,1-3H3,(H2,23,25). The number of ether oxygens (including phenoxy) is 3. The summed E-state index contributed by atoms with van der Waals surface area (Å²) in [6.07, 6.45) is 6.63. The van der Waals surface area contributed by atoms with Crippen molar-refractivity contribution in [1.82, 2.24) is 9.97 Å². The summed E-state index contributed by atoms with van der Waals surface area (Å²) >= 11 is 0. The van der Waals surface area contributed by atoms with Crippen molar-refractivity contribution in [2.75, 3.05) is 27.1 Å². The summed E-state index contributed by atoms with van der Waals surface area (Å²) < 4.78 is 16.4. The molecule has 3 aromatic rings. The number of pyridine rings is 2. The smallest absolute Gasteiger partial charge is 0.203 e. The predicted molar refractivity (Wildman–Crippen MR) is 109 cm³/mol. The molecule has 0 saturated heterocycles. The first-order valence-corrected chi connectivity index (χ1v) is 8.86. The van der Waals surface area contributed by atoms with Gasteiger partial charge in [-0.3, -0.25) is 4.98 Å². The molecular formula is C22H21N3O3. The zero-order valence-corrected chi connectivity index (χ0v) is 16.0. The number of nitrogen functional groups attached to an aromatic ring is 1. The molecular weight excluding hydrogens is 354 g/mol. The molecule has 2 N–H and O–H groups in total. The van der Waals surface area contributed by atoms with Gasteiger partial charge in [0.2, 0.25) is 5.75 Å². The molecule has 0 spiro atoms. The highest BCUT2D eigenvalue weighted by molar-refractivity contribution is 5.86. The van der Waals surface area contributed by atoms with E-state index in [1.807, 2.05) is 30.5 Å². The van der Waals surface area contributed by atoms with E-state index in [1.165, 1.54) is 0 Å². The first-order valence-electron chi connectivity index (χ1n) is 8.86. The Kier molecular flexibility index (Phi) is 4.61. The van der Waals surface area contributed by atoms with Crippen molar-refractivity contribution in [3.05, 3.63) is 65.6 Å². The van der Waals surface area contributed by atoms with Crippen LogP contribution in [0, 0.1) is 0 Å². The van der Waals surface area contributed by atoms with E-state index >= 15 is 0 Å². The van der Waals surface area contributed by atoms with Crippen molar-refractivity contribution in [1.29, 1.82) is 0 Å². The van der Waals surface area contributed by atoms with Crippen LogP contribution in [-0.2, 0) is 6.42 Å². The van der Waals surface area contributed by atoms with Crippen molar-refractivity contribution >= 4 is 11.4 Å². The zero-order chi connectivity index (χ0) is 19.7. The van der Waals surface area contributed by atoms with Crippen LogP contribution in [0.25, 0.3) is 16.7 Å². The Labute approximate surface area is 163 Å². The molecule has 0 amide bonds. The predicted octanol–water partition coefficient (Wildman–Crippen LogP) is 3.74. The first-order chi connectivity index (χ1) is 13.6. The molecule has 6 nitrogen and oxygen atoms in total. The topological polar surface area (TPSA) is 79.5 Å². The zero-order valence-electron chi connectivity index (χ0n) is 16.0. The molecule has 2 aromatic heterocycles. The Morgan fingerprint density at radius 2 is 1.54 bits per heavy atom. The molecule has 2 heterocycles. The van der Waals surface area contributed by atoms with Crippen molar-refractivity contribution in [2.24, 2.45) is 0 Å². The van der Waals surface area contributed by atoms with Crippen LogP contribution in [0.4, 0.5) is 5.82 Å². The molecule has 4 rings (SSSR count). The van der Waals surface area contributed by atoms with Crippen molar-refractivity contribution in [3.8, 4) is 28.4 Å². The molecule has 1 aliphatic rings. The maximum Gasteiger partial charge on any atom is 0.203 e. The fourth-order valence-electron chi connectivity index (χ4n) is 3.44. The number of anilines is 1. The Hall–Kier alpha value is -3.54. The summed E-state index contributed by atoms with van der Waals surface area (Å²) in [5.41, 5.74) is 11.9. The molecule has 6 heteroatoms. The molecule has 0 atom stereocenters. The summed E-state index contributed by atoms with van der Waals surface area (Å²) in [4.78, 5) is 8.88. The number of nitrogens with two attached hydrogens (primary N) is 1. The van der Waals surface area contributed by atoms with E-state index in [1.54, 1.807) is 27.5 Å². The Balaban J connectivity index is 1.79. The lowest BCUT2D eigenvalue weighted by molar-refractivity contribution is 0.324. The van der Waals surface area contributed by atoms with Gasteiger partial charge in [0, 0.05) is 35.5 Å². The third kappa shape index (κ3) is 3.03. The van der Waals surface area contributed by atoms with Crippen LogP contribution in [0.2, 0.25) is 0 Å². The molecule has 142 valence electrons. The van der Waals surface area contributed by atoms with E-state index < -0.39 is 0 Å². The second-order valence-corrected chi connectivity index (χ2v) is 6.43. The fraction of sp³-hybridized carbons (Fsp3) is 0.182. The number of hydrogen-bond acceptors (Lipinski definition) is 6. The van der Waals surface area contributed by atoms with Crippen LogP contribution >= 0.6 is 0 Å². The maximum absolute atomic E-state index is 5.72. The molecule has 1 aromatic carbocycles. The number of allylic oxidation sites excluding steroid dienone is 1. The first kappa shape index (κ1) is 17.9. The van der Waals surface area contributed by atoms with Gasteiger partial charge in [0.25, 0.3) is 0 Å². The van der Waals surface area contributed by atoms with Crippen LogP contribution in [0.15, 0.2) is 48.8 Å². The lowest BCUT2D eigenvalue weighted by atomic mass is 9.98. The number of benzene rings is 1. The van der Waals surface area contributed by atoms with Gasteiger partial charge in [0.05, 0.1) is 27.0 Å². The monoisotopic (exact) mass is 375 g/mol. The lowest BCUT2D eigenvalue weighted by Gasteiger charge is -2.15. The Morgan fingerprint density at radius 3 is 2.14 bits per heavy atom. The minimum atomic E-state index is 0.506. The number of nitrogens with zero attached hydrogens (tertiary/aromatic N) is 2. The number of hydrogen-bond donors (Lipinski definition) is 1. The van der Waals surface area contributed by atoms with E-state index in [0.717, 1.165) is 39.9 Å². The number of aromatic nitrogens is 2. The summed E-state index contributed by atoms with van der Waals surface area (Å²) in [6, 6.07) is 9.78. The minimum absolute atomic E-state index is 0.506. The highest BCUT2D eigenvalue weighted by Crippen LogP contribution is 2.42. The minimum Gasteiger partial charge on any atom is -0.493 e. The molecule has 28 heavy (non-hydrogen) atoms. The summed E-state index contributed by atoms with van der Waals surface area (Å²) in [6.45, 7) is 0. The van der Waals surface area contributed by atoms with Crippen LogP contribution in [0.5, 0.6) is 17.2 Å². The van der Waals surface area contributed by atoms with E-state index in [-0.39, 0.29) is 0 Å². The van der Waals surface area contributed by atoms with E-state index in [2.05, 4.69) is 22.1 Å². The Bertz CT molecular complexity index is 1030. The van der Waals surface area contributed by atoms with Crippen molar-refractivity contribution in [2.45, 2.75) is 6.42 Å². The van der Waals surface area contributed by atoms with Crippen LogP contribution in [-0.4, -0.2) is 31.3 Å². The second kappa shape index (κ2) is 7.23. The van der Waals surface area contributed by atoms with Gasteiger partial charge in [0.15, 0.2) is 11.5 Å². The molecule has 0 unspecified atom stereocenters. The molecule has 0 radical (unpaired) electrons. The highest BCUT2D eigenvalue weighted by Gasteiger charge is 2.20. The van der Waals surface area contributed by atoms with Gasteiger partial charge in [-0.05, 0) is 41.5 Å². The van der Waals surface area contributed by atoms with E-state index in [4.69, 9.17) is 19.9 Å². The maximum atomic E-state index is 5.72. The van der Waals surface area contributed by atoms with E-state index in [9.17, 15) is 0 Å². The van der Waals surface area contributed by atoms with Gasteiger partial charge >= 0.3 is 0 Å². The van der Waals surface area contributed by atoms with Gasteiger partial charge in [0.1, 0.15) is 5.82 Å². The molecule has 1 aliphatic carbocycles. The van der Waals surface area contributed by atoms with Gasteiger partial charge < -0.3 is 19.9 Å². The molecule has 0 fully saturated rings. The normalized spacial score (nSPS) is 12.3. The van der Waals surface area contributed by atoms with Crippen molar-refractivity contribution < 1.29 is 14.2 Å². The quantitative estimate of drug-likeness (QED) is 0.732. The summed E-state index contributed by atoms with van der Waals surface area (Å²) in [5.74, 6) is 2.29. The third-order valence-corrected chi connectivity index (χ3v) is 4.86. The second-order valence-electron chi connectivity index (χ2n) is 6.43. The van der Waals surface area contributed by atoms with Crippen LogP contribution < -0.4 is 19.9 Å². The van der Waals surface area contributed by atoms with Crippen LogP contribution in [0.1, 0.15) is 16.8 Å². The van der Waals surface area contributed by atoms with Gasteiger partial charge in [-0.15, -0.1) is 0 Å². The largest absolute Gasteiger partial charge is 0.493 e. The number of fused-ring (bicyclic) bond motifs is 1. The van der Waals surface area contributed by atoms with Crippen LogP contribution in [0.3, 0.4) is 0 Å². The summed E-state index contributed by atoms with van der Waals surface area (Å²) in [5, 5.41) is 0. The average molecular weight is 375 g/mol. The van der Waals surface area contributed by atoms with Gasteiger partial charge in [-0.1, -0.05) is 6.08 Å². The Morgan fingerprint density at radius 1 is 0.821 bits per heavy atom. The third-order valence-electron chi connectivity index (χ3n) is 4.86. The average Bonchev–Trinajstić information content (AvgIpc) is 3.16. The molecule has 0 saturated carbocycles. The number of rotatable bonds is 5. The van der Waals surface area contributed by atoms with Gasteiger partial charge in [-0.25, -0.2) is 4.98 Å². The summed E-state index contributed by atoms with van der Waals surface area (Å²) in [7, 11) is 4.81. The highest BCUT2D eigenvalue weighted by atomic mass is 16.5.